The van der Waals surface area contributed by atoms with E-state index in [1.54, 1.807) is 23.1 Å². The van der Waals surface area contributed by atoms with Crippen molar-refractivity contribution in [2.75, 3.05) is 4.90 Å². The summed E-state index contributed by atoms with van der Waals surface area (Å²) in [7, 11) is 0. The fourth-order valence-corrected chi connectivity index (χ4v) is 4.91. The predicted octanol–water partition coefficient (Wildman–Crippen LogP) is 4.44. The van der Waals surface area contributed by atoms with E-state index in [1.165, 1.54) is 12.1 Å². The van der Waals surface area contributed by atoms with Crippen LogP contribution in [0, 0.1) is 5.92 Å². The van der Waals surface area contributed by atoms with E-state index in [9.17, 15) is 27.6 Å². The molecule has 10 heteroatoms. The Morgan fingerprint density at radius 2 is 1.74 bits per heavy atom. The summed E-state index contributed by atoms with van der Waals surface area (Å²) in [5.41, 5.74) is 1.59. The van der Waals surface area contributed by atoms with Gasteiger partial charge in [-0.05, 0) is 48.7 Å². The molecular weight excluding hydrogens is 453 g/mol. The van der Waals surface area contributed by atoms with E-state index in [4.69, 9.17) is 5.11 Å². The molecule has 2 amide bonds. The SMILES string of the molecule is O=C(O)CCC(=O)N[C@H]1c2ccccc2N(C(=O)c2ccc(OC(F)(F)F)cc2)[C@@H]2CCC[C@@H]21. The predicted molar refractivity (Wildman–Crippen MR) is 115 cm³/mol. The van der Waals surface area contributed by atoms with Gasteiger partial charge in [0.25, 0.3) is 5.91 Å². The van der Waals surface area contributed by atoms with Crippen molar-refractivity contribution < 1.29 is 37.4 Å². The van der Waals surface area contributed by atoms with Gasteiger partial charge in [0, 0.05) is 29.6 Å². The third-order valence-electron chi connectivity index (χ3n) is 6.26. The molecule has 2 aliphatic rings. The first-order valence-electron chi connectivity index (χ1n) is 10.9. The number of carbonyl (C=O) groups excluding carboxylic acids is 2. The number of halogens is 3. The molecule has 0 bridgehead atoms. The maximum Gasteiger partial charge on any atom is 0.573 e. The van der Waals surface area contributed by atoms with Crippen LogP contribution in [0.4, 0.5) is 18.9 Å². The summed E-state index contributed by atoms with van der Waals surface area (Å²) < 4.78 is 41.3. The molecule has 1 aliphatic heterocycles. The molecule has 3 atom stereocenters. The number of carboxylic acid groups (broad SMARTS) is 1. The summed E-state index contributed by atoms with van der Waals surface area (Å²) in [4.78, 5) is 38.5. The minimum atomic E-state index is -4.82. The fraction of sp³-hybridized carbons (Fsp3) is 0.375. The Balaban J connectivity index is 1.62. The Labute approximate surface area is 193 Å². The minimum Gasteiger partial charge on any atom is -0.481 e. The van der Waals surface area contributed by atoms with Crippen LogP contribution in [-0.4, -0.2) is 35.3 Å². The largest absolute Gasteiger partial charge is 0.573 e. The molecule has 1 fully saturated rings. The van der Waals surface area contributed by atoms with E-state index >= 15 is 0 Å². The first-order chi connectivity index (χ1) is 16.1. The number of hydrogen-bond donors (Lipinski definition) is 2. The number of para-hydroxylation sites is 1. The number of carbonyl (C=O) groups is 3. The monoisotopic (exact) mass is 476 g/mol. The molecule has 7 nitrogen and oxygen atoms in total. The van der Waals surface area contributed by atoms with Gasteiger partial charge >= 0.3 is 12.3 Å². The highest BCUT2D eigenvalue weighted by atomic mass is 19.4. The lowest BCUT2D eigenvalue weighted by Crippen LogP contribution is -2.51. The number of anilines is 1. The Morgan fingerprint density at radius 1 is 1.03 bits per heavy atom. The van der Waals surface area contributed by atoms with E-state index in [0.717, 1.165) is 30.5 Å². The molecule has 0 saturated heterocycles. The smallest absolute Gasteiger partial charge is 0.481 e. The lowest BCUT2D eigenvalue weighted by molar-refractivity contribution is -0.274. The second-order valence-corrected chi connectivity index (χ2v) is 8.41. The van der Waals surface area contributed by atoms with Gasteiger partial charge in [-0.1, -0.05) is 24.6 Å². The van der Waals surface area contributed by atoms with Crippen LogP contribution < -0.4 is 15.0 Å². The first kappa shape index (κ1) is 23.6. The molecule has 1 saturated carbocycles. The Bertz CT molecular complexity index is 1090. The molecule has 2 N–H and O–H groups in total. The number of ether oxygens (including phenoxy) is 1. The number of nitrogens with zero attached hydrogens (tertiary/aromatic N) is 1. The lowest BCUT2D eigenvalue weighted by atomic mass is 9.82. The van der Waals surface area contributed by atoms with Gasteiger partial charge in [-0.3, -0.25) is 14.4 Å². The molecule has 0 spiro atoms. The van der Waals surface area contributed by atoms with Crippen molar-refractivity contribution in [3.63, 3.8) is 0 Å². The van der Waals surface area contributed by atoms with Crippen molar-refractivity contribution in [2.45, 2.75) is 50.6 Å². The molecule has 1 heterocycles. The second kappa shape index (κ2) is 9.36. The first-order valence-corrected chi connectivity index (χ1v) is 10.9. The van der Waals surface area contributed by atoms with Crippen LogP contribution in [0.5, 0.6) is 5.75 Å². The summed E-state index contributed by atoms with van der Waals surface area (Å²) in [6, 6.07) is 11.4. The van der Waals surface area contributed by atoms with Crippen molar-refractivity contribution in [3.8, 4) is 5.75 Å². The van der Waals surface area contributed by atoms with E-state index in [-0.39, 0.29) is 48.2 Å². The number of amides is 2. The van der Waals surface area contributed by atoms with E-state index < -0.39 is 18.1 Å². The summed E-state index contributed by atoms with van der Waals surface area (Å²) in [5.74, 6) is -2.25. The zero-order valence-electron chi connectivity index (χ0n) is 18.0. The van der Waals surface area contributed by atoms with Crippen molar-refractivity contribution in [3.05, 3.63) is 59.7 Å². The maximum absolute atomic E-state index is 13.5. The van der Waals surface area contributed by atoms with Gasteiger partial charge in [0.15, 0.2) is 0 Å². The van der Waals surface area contributed by atoms with Gasteiger partial charge in [0.05, 0.1) is 12.5 Å². The molecule has 0 radical (unpaired) electrons. The van der Waals surface area contributed by atoms with E-state index in [2.05, 4.69) is 10.1 Å². The van der Waals surface area contributed by atoms with Crippen molar-refractivity contribution >= 4 is 23.5 Å². The molecule has 1 aliphatic carbocycles. The number of nitrogens with one attached hydrogen (secondary N) is 1. The Hall–Kier alpha value is -3.56. The van der Waals surface area contributed by atoms with Gasteiger partial charge in [-0.2, -0.15) is 0 Å². The van der Waals surface area contributed by atoms with Gasteiger partial charge in [0.2, 0.25) is 5.91 Å². The molecule has 4 rings (SSSR count). The van der Waals surface area contributed by atoms with E-state index in [1.807, 2.05) is 6.07 Å². The average molecular weight is 476 g/mol. The van der Waals surface area contributed by atoms with Crippen LogP contribution in [-0.2, 0) is 9.59 Å². The molecule has 0 unspecified atom stereocenters. The van der Waals surface area contributed by atoms with Crippen LogP contribution in [0.2, 0.25) is 0 Å². The Kier molecular flexibility index (Phi) is 6.49. The minimum absolute atomic E-state index is 0.0690. The molecular formula is C24H23F3N2O5. The summed E-state index contributed by atoms with van der Waals surface area (Å²) >= 11 is 0. The number of benzene rings is 2. The third kappa shape index (κ3) is 5.00. The van der Waals surface area contributed by atoms with Crippen LogP contribution >= 0.6 is 0 Å². The van der Waals surface area contributed by atoms with Crippen LogP contribution in [0.15, 0.2) is 48.5 Å². The number of alkyl halides is 3. The molecule has 0 aromatic heterocycles. The van der Waals surface area contributed by atoms with Crippen LogP contribution in [0.3, 0.4) is 0 Å². The van der Waals surface area contributed by atoms with Gasteiger partial charge in [-0.25, -0.2) is 0 Å². The lowest BCUT2D eigenvalue weighted by Gasteiger charge is -2.44. The number of fused-ring (bicyclic) bond motifs is 2. The summed E-state index contributed by atoms with van der Waals surface area (Å²) in [6.45, 7) is 0. The van der Waals surface area contributed by atoms with Crippen molar-refractivity contribution in [1.29, 1.82) is 0 Å². The number of rotatable bonds is 6. The highest BCUT2D eigenvalue weighted by Gasteiger charge is 2.46. The summed E-state index contributed by atoms with van der Waals surface area (Å²) in [6.07, 6.45) is -2.91. The fourth-order valence-electron chi connectivity index (χ4n) is 4.91. The number of carboxylic acids is 1. The van der Waals surface area contributed by atoms with Crippen molar-refractivity contribution in [2.24, 2.45) is 5.92 Å². The normalized spacial score (nSPS) is 21.4. The average Bonchev–Trinajstić information content (AvgIpc) is 3.26. The van der Waals surface area contributed by atoms with Crippen LogP contribution in [0.1, 0.15) is 54.1 Å². The summed E-state index contributed by atoms with van der Waals surface area (Å²) in [5, 5.41) is 11.8. The standard InChI is InChI=1S/C24H23F3N2O5/c25-24(26,27)34-15-10-8-14(9-11-15)23(33)29-18-6-2-1-4-16(18)22(17-5-3-7-19(17)29)28-20(30)12-13-21(31)32/h1-2,4,6,8-11,17,19,22H,3,5,7,12-13H2,(H,28,30)(H,31,32)/t17-,19+,22-/m0/s1. The Morgan fingerprint density at radius 3 is 2.41 bits per heavy atom. The number of aliphatic carboxylic acids is 1. The van der Waals surface area contributed by atoms with Crippen molar-refractivity contribution in [1.82, 2.24) is 5.32 Å². The molecule has 2 aromatic carbocycles. The highest BCUT2D eigenvalue weighted by Crippen LogP contribution is 2.48. The third-order valence-corrected chi connectivity index (χ3v) is 6.26. The topological polar surface area (TPSA) is 95.9 Å². The second-order valence-electron chi connectivity index (χ2n) is 8.41. The van der Waals surface area contributed by atoms with Gasteiger partial charge in [0.1, 0.15) is 5.75 Å². The van der Waals surface area contributed by atoms with Gasteiger partial charge < -0.3 is 20.1 Å². The van der Waals surface area contributed by atoms with E-state index in [0.29, 0.717) is 12.1 Å². The van der Waals surface area contributed by atoms with Gasteiger partial charge in [-0.15, -0.1) is 13.2 Å². The molecule has 34 heavy (non-hydrogen) atoms. The van der Waals surface area contributed by atoms with Crippen LogP contribution in [0.25, 0.3) is 0 Å². The quantitative estimate of drug-likeness (QED) is 0.643. The molecule has 2 aromatic rings. The maximum atomic E-state index is 13.5. The zero-order valence-corrected chi connectivity index (χ0v) is 18.0. The number of hydrogen-bond acceptors (Lipinski definition) is 4. The highest BCUT2D eigenvalue weighted by molar-refractivity contribution is 6.07. The molecule has 180 valence electrons. The zero-order chi connectivity index (χ0) is 24.5.